The molecule has 1 aromatic carbocycles. The van der Waals surface area contributed by atoms with Gasteiger partial charge in [0.15, 0.2) is 0 Å². The number of halogens is 3. The fourth-order valence-corrected chi connectivity index (χ4v) is 2.42. The van der Waals surface area contributed by atoms with Gasteiger partial charge in [-0.2, -0.15) is 13.2 Å². The summed E-state index contributed by atoms with van der Waals surface area (Å²) in [5, 5.41) is 2.16. The predicted octanol–water partition coefficient (Wildman–Crippen LogP) is 3.52. The van der Waals surface area contributed by atoms with Crippen LogP contribution in [-0.2, 0) is 10.9 Å². The summed E-state index contributed by atoms with van der Waals surface area (Å²) >= 11 is 0. The van der Waals surface area contributed by atoms with E-state index in [-0.39, 0.29) is 17.8 Å². The fourth-order valence-electron chi connectivity index (χ4n) is 2.42. The molecular formula is C14H17F3N2O2. The zero-order valence-corrected chi connectivity index (χ0v) is 11.3. The highest BCUT2D eigenvalue weighted by Gasteiger charge is 2.34. The topological polar surface area (TPSA) is 64.3 Å². The molecule has 0 aliphatic heterocycles. The summed E-state index contributed by atoms with van der Waals surface area (Å²) in [6, 6.07) is 4.75. The van der Waals surface area contributed by atoms with E-state index in [1.165, 1.54) is 18.2 Å². The molecule has 3 N–H and O–H groups in total. The smallest absolute Gasteiger partial charge is 0.418 e. The number of carbonyl (C=O) groups is 1. The number of amides is 1. The van der Waals surface area contributed by atoms with Gasteiger partial charge >= 0.3 is 12.3 Å². The number of para-hydroxylation sites is 1. The van der Waals surface area contributed by atoms with Crippen LogP contribution in [0.3, 0.4) is 0 Å². The summed E-state index contributed by atoms with van der Waals surface area (Å²) in [6.07, 6.45) is -2.82. The minimum Gasteiger partial charge on any atom is -0.446 e. The second-order valence-corrected chi connectivity index (χ2v) is 5.12. The van der Waals surface area contributed by atoms with Gasteiger partial charge in [0.05, 0.1) is 11.3 Å². The van der Waals surface area contributed by atoms with E-state index >= 15 is 0 Å². The van der Waals surface area contributed by atoms with Crippen molar-refractivity contribution in [1.29, 1.82) is 0 Å². The highest BCUT2D eigenvalue weighted by Crippen LogP contribution is 2.34. The van der Waals surface area contributed by atoms with E-state index in [9.17, 15) is 18.0 Å². The lowest BCUT2D eigenvalue weighted by Gasteiger charge is -2.26. The Morgan fingerprint density at radius 1 is 1.29 bits per heavy atom. The summed E-state index contributed by atoms with van der Waals surface area (Å²) in [6.45, 7) is 0. The molecule has 1 aliphatic carbocycles. The van der Waals surface area contributed by atoms with Gasteiger partial charge in [0.25, 0.3) is 0 Å². The van der Waals surface area contributed by atoms with Crippen LogP contribution in [0.25, 0.3) is 0 Å². The summed E-state index contributed by atoms with van der Waals surface area (Å²) < 4.78 is 43.5. The van der Waals surface area contributed by atoms with Crippen LogP contribution in [0, 0.1) is 0 Å². The number of carbonyl (C=O) groups excluding carboxylic acids is 1. The van der Waals surface area contributed by atoms with Crippen molar-refractivity contribution in [2.45, 2.75) is 44.0 Å². The first-order valence-corrected chi connectivity index (χ1v) is 6.75. The molecule has 2 atom stereocenters. The van der Waals surface area contributed by atoms with Crippen molar-refractivity contribution in [1.82, 2.24) is 0 Å². The highest BCUT2D eigenvalue weighted by molar-refractivity contribution is 5.85. The molecule has 1 aromatic rings. The summed E-state index contributed by atoms with van der Waals surface area (Å²) in [5.41, 5.74) is 4.56. The molecule has 1 amide bonds. The monoisotopic (exact) mass is 302 g/mol. The Labute approximate surface area is 120 Å². The highest BCUT2D eigenvalue weighted by atomic mass is 19.4. The lowest BCUT2D eigenvalue weighted by molar-refractivity contribution is -0.136. The van der Waals surface area contributed by atoms with E-state index in [2.05, 4.69) is 5.32 Å². The molecule has 21 heavy (non-hydrogen) atoms. The largest absolute Gasteiger partial charge is 0.446 e. The first-order valence-electron chi connectivity index (χ1n) is 6.75. The Balaban J connectivity index is 2.00. The van der Waals surface area contributed by atoms with E-state index in [0.29, 0.717) is 12.8 Å². The quantitative estimate of drug-likeness (QED) is 0.878. The van der Waals surface area contributed by atoms with Crippen LogP contribution in [0.2, 0.25) is 0 Å². The Morgan fingerprint density at radius 2 is 2.00 bits per heavy atom. The molecule has 0 radical (unpaired) electrons. The van der Waals surface area contributed by atoms with Crippen molar-refractivity contribution in [3.8, 4) is 0 Å². The number of rotatable bonds is 2. The van der Waals surface area contributed by atoms with Crippen LogP contribution in [0.1, 0.15) is 31.2 Å². The molecule has 4 nitrogen and oxygen atoms in total. The third kappa shape index (κ3) is 4.35. The van der Waals surface area contributed by atoms with Crippen LogP contribution < -0.4 is 11.1 Å². The van der Waals surface area contributed by atoms with Gasteiger partial charge in [0, 0.05) is 6.04 Å². The lowest BCUT2D eigenvalue weighted by Crippen LogP contribution is -2.34. The van der Waals surface area contributed by atoms with Crippen LogP contribution in [0.4, 0.5) is 23.7 Å². The number of nitrogens with two attached hydrogens (primary N) is 1. The van der Waals surface area contributed by atoms with Crippen molar-refractivity contribution in [3.63, 3.8) is 0 Å². The number of hydrogen-bond donors (Lipinski definition) is 2. The molecule has 116 valence electrons. The van der Waals surface area contributed by atoms with Crippen molar-refractivity contribution in [3.05, 3.63) is 29.8 Å². The molecule has 2 unspecified atom stereocenters. The molecule has 1 saturated carbocycles. The van der Waals surface area contributed by atoms with E-state index in [1.807, 2.05) is 0 Å². The number of nitrogens with one attached hydrogen (secondary N) is 1. The first-order chi connectivity index (χ1) is 9.86. The van der Waals surface area contributed by atoms with Gasteiger partial charge in [-0.05, 0) is 37.8 Å². The summed E-state index contributed by atoms with van der Waals surface area (Å²) in [5.74, 6) is 0. The first kappa shape index (κ1) is 15.6. The Morgan fingerprint density at radius 3 is 2.67 bits per heavy atom. The van der Waals surface area contributed by atoms with E-state index in [0.717, 1.165) is 18.9 Å². The number of hydrogen-bond acceptors (Lipinski definition) is 3. The number of alkyl halides is 3. The molecule has 1 aliphatic rings. The molecule has 0 heterocycles. The van der Waals surface area contributed by atoms with Crippen LogP contribution in [0.5, 0.6) is 0 Å². The van der Waals surface area contributed by atoms with Crippen LogP contribution in [-0.4, -0.2) is 18.2 Å². The SMILES string of the molecule is NC1CCCC(OC(=O)Nc2ccccc2C(F)(F)F)C1. The summed E-state index contributed by atoms with van der Waals surface area (Å²) in [7, 11) is 0. The van der Waals surface area contributed by atoms with E-state index < -0.39 is 17.8 Å². The second kappa shape index (κ2) is 6.34. The zero-order valence-electron chi connectivity index (χ0n) is 11.3. The minimum atomic E-state index is -4.53. The van der Waals surface area contributed by atoms with Gasteiger partial charge in [-0.3, -0.25) is 5.32 Å². The molecule has 0 spiro atoms. The maximum atomic E-state index is 12.8. The van der Waals surface area contributed by atoms with Crippen molar-refractivity contribution in [2.24, 2.45) is 5.73 Å². The molecule has 0 saturated heterocycles. The molecular weight excluding hydrogens is 285 g/mol. The van der Waals surface area contributed by atoms with E-state index in [4.69, 9.17) is 10.5 Å². The minimum absolute atomic E-state index is 0.0287. The Hall–Kier alpha value is -1.76. The maximum absolute atomic E-state index is 12.8. The van der Waals surface area contributed by atoms with Gasteiger partial charge in [0.2, 0.25) is 0 Å². The van der Waals surface area contributed by atoms with Gasteiger partial charge in [-0.25, -0.2) is 4.79 Å². The van der Waals surface area contributed by atoms with Crippen LogP contribution >= 0.6 is 0 Å². The average molecular weight is 302 g/mol. The summed E-state index contributed by atoms with van der Waals surface area (Å²) in [4.78, 5) is 11.7. The van der Waals surface area contributed by atoms with Crippen molar-refractivity contribution < 1.29 is 22.7 Å². The van der Waals surface area contributed by atoms with E-state index in [1.54, 1.807) is 0 Å². The van der Waals surface area contributed by atoms with Gasteiger partial charge < -0.3 is 10.5 Å². The van der Waals surface area contributed by atoms with Gasteiger partial charge in [-0.15, -0.1) is 0 Å². The molecule has 2 rings (SSSR count). The molecule has 7 heteroatoms. The third-order valence-electron chi connectivity index (χ3n) is 3.41. The molecule has 1 fully saturated rings. The number of anilines is 1. The van der Waals surface area contributed by atoms with Crippen molar-refractivity contribution in [2.75, 3.05) is 5.32 Å². The third-order valence-corrected chi connectivity index (χ3v) is 3.41. The normalized spacial score (nSPS) is 22.7. The Kier molecular flexibility index (Phi) is 4.72. The number of benzene rings is 1. The maximum Gasteiger partial charge on any atom is 0.418 e. The molecule has 0 aromatic heterocycles. The van der Waals surface area contributed by atoms with Gasteiger partial charge in [0.1, 0.15) is 6.10 Å². The molecule has 0 bridgehead atoms. The zero-order chi connectivity index (χ0) is 15.5. The van der Waals surface area contributed by atoms with Gasteiger partial charge in [-0.1, -0.05) is 12.1 Å². The Bertz CT molecular complexity index is 505. The second-order valence-electron chi connectivity index (χ2n) is 5.12. The van der Waals surface area contributed by atoms with Crippen LogP contribution in [0.15, 0.2) is 24.3 Å². The fraction of sp³-hybridized carbons (Fsp3) is 0.500. The lowest BCUT2D eigenvalue weighted by atomic mass is 9.94. The predicted molar refractivity (Wildman–Crippen MR) is 71.8 cm³/mol. The average Bonchev–Trinajstić information content (AvgIpc) is 2.37. The standard InChI is InChI=1S/C14H17F3N2O2/c15-14(16,17)11-6-1-2-7-12(11)19-13(20)21-10-5-3-4-9(18)8-10/h1-2,6-7,9-10H,3-5,8,18H2,(H,19,20). The van der Waals surface area contributed by atoms with Crippen molar-refractivity contribution >= 4 is 11.8 Å². The number of ether oxygens (including phenoxy) is 1.